The topological polar surface area (TPSA) is 29.5 Å². The van der Waals surface area contributed by atoms with Crippen LogP contribution in [0.15, 0.2) is 54.6 Å². The fourth-order valence-corrected chi connectivity index (χ4v) is 7.12. The van der Waals surface area contributed by atoms with Crippen LogP contribution >= 0.6 is 11.8 Å². The molecule has 1 heterocycles. The third kappa shape index (κ3) is 3.32. The van der Waals surface area contributed by atoms with Crippen LogP contribution in [0.5, 0.6) is 5.75 Å². The van der Waals surface area contributed by atoms with Gasteiger partial charge in [-0.1, -0.05) is 49.6 Å². The average Bonchev–Trinajstić information content (AvgIpc) is 2.94. The van der Waals surface area contributed by atoms with Gasteiger partial charge in [-0.3, -0.25) is 4.79 Å². The molecular formula is C24H29NO2S. The molecule has 1 saturated heterocycles. The van der Waals surface area contributed by atoms with Gasteiger partial charge in [0.2, 0.25) is 0 Å². The summed E-state index contributed by atoms with van der Waals surface area (Å²) in [6.45, 7) is 4.41. The number of benzene rings is 2. The van der Waals surface area contributed by atoms with Crippen LogP contribution in [0.2, 0.25) is 0 Å². The number of carbonyl (C=O) groups excluding carboxylic acids is 1. The molecule has 0 N–H and O–H groups in total. The summed E-state index contributed by atoms with van der Waals surface area (Å²) in [5.41, 5.74) is 1.98. The minimum absolute atomic E-state index is 0.0754. The summed E-state index contributed by atoms with van der Waals surface area (Å²) < 4.78 is 5.45. The number of hydrogen-bond donors (Lipinski definition) is 0. The van der Waals surface area contributed by atoms with Crippen molar-refractivity contribution in [2.45, 2.75) is 61.6 Å². The Balaban J connectivity index is 1.81. The fourth-order valence-electron chi connectivity index (χ4n) is 4.99. The van der Waals surface area contributed by atoms with Crippen LogP contribution in [0, 0.1) is 0 Å². The standard InChI is InChI=1S/C24H29NO2S/c1-23(2)25(22(26)19-10-6-4-7-11-19)21(18-12-14-20(27-3)15-13-18)24(28-23)16-8-5-9-17-24/h4,6-7,10-15,21H,5,8-9,16-17H2,1-3H3. The lowest BCUT2D eigenvalue weighted by atomic mass is 9.79. The van der Waals surface area contributed by atoms with Gasteiger partial charge < -0.3 is 9.64 Å². The summed E-state index contributed by atoms with van der Waals surface area (Å²) in [7, 11) is 1.69. The number of hydrogen-bond acceptors (Lipinski definition) is 3. The van der Waals surface area contributed by atoms with E-state index in [4.69, 9.17) is 4.74 Å². The van der Waals surface area contributed by atoms with Crippen molar-refractivity contribution >= 4 is 17.7 Å². The number of rotatable bonds is 3. The van der Waals surface area contributed by atoms with Crippen molar-refractivity contribution in [1.82, 2.24) is 4.90 Å². The summed E-state index contributed by atoms with van der Waals surface area (Å²) in [6.07, 6.45) is 6.10. The van der Waals surface area contributed by atoms with Crippen molar-refractivity contribution in [3.05, 3.63) is 65.7 Å². The molecule has 2 aromatic rings. The SMILES string of the molecule is COc1ccc(C2N(C(=O)c3ccccc3)C(C)(C)SC23CCCCC3)cc1. The van der Waals surface area contributed by atoms with Crippen LogP contribution in [0.3, 0.4) is 0 Å². The Bertz CT molecular complexity index is 825. The van der Waals surface area contributed by atoms with Gasteiger partial charge in [0.1, 0.15) is 5.75 Å². The summed E-state index contributed by atoms with van der Waals surface area (Å²) in [5.74, 6) is 0.980. The van der Waals surface area contributed by atoms with Crippen LogP contribution in [0.1, 0.15) is 67.9 Å². The number of ether oxygens (including phenoxy) is 1. The van der Waals surface area contributed by atoms with E-state index in [-0.39, 0.29) is 21.6 Å². The van der Waals surface area contributed by atoms with Crippen molar-refractivity contribution in [2.75, 3.05) is 7.11 Å². The zero-order chi connectivity index (χ0) is 19.8. The van der Waals surface area contributed by atoms with Gasteiger partial charge >= 0.3 is 0 Å². The van der Waals surface area contributed by atoms with E-state index in [2.05, 4.69) is 30.9 Å². The predicted molar refractivity (Wildman–Crippen MR) is 116 cm³/mol. The van der Waals surface area contributed by atoms with E-state index in [1.54, 1.807) is 7.11 Å². The van der Waals surface area contributed by atoms with Crippen molar-refractivity contribution in [1.29, 1.82) is 0 Å². The zero-order valence-electron chi connectivity index (χ0n) is 17.0. The van der Waals surface area contributed by atoms with Gasteiger partial charge in [-0.25, -0.2) is 0 Å². The molecule has 1 aliphatic heterocycles. The fraction of sp³-hybridized carbons (Fsp3) is 0.458. The third-order valence-electron chi connectivity index (χ3n) is 6.16. The van der Waals surface area contributed by atoms with Crippen molar-refractivity contribution in [3.8, 4) is 5.75 Å². The van der Waals surface area contributed by atoms with Gasteiger partial charge in [0.15, 0.2) is 0 Å². The van der Waals surface area contributed by atoms with E-state index in [0.717, 1.165) is 24.2 Å². The van der Waals surface area contributed by atoms with Crippen LogP contribution < -0.4 is 4.74 Å². The first-order valence-corrected chi connectivity index (χ1v) is 11.0. The Morgan fingerprint density at radius 3 is 2.25 bits per heavy atom. The number of carbonyl (C=O) groups is 1. The Labute approximate surface area is 172 Å². The Morgan fingerprint density at radius 1 is 1.00 bits per heavy atom. The van der Waals surface area contributed by atoms with E-state index in [1.165, 1.54) is 24.8 Å². The largest absolute Gasteiger partial charge is 0.497 e. The van der Waals surface area contributed by atoms with Gasteiger partial charge in [-0.15, -0.1) is 11.8 Å². The van der Waals surface area contributed by atoms with Crippen molar-refractivity contribution in [3.63, 3.8) is 0 Å². The van der Waals surface area contributed by atoms with Gasteiger partial charge in [0.05, 0.1) is 18.0 Å². The lowest BCUT2D eigenvalue weighted by Crippen LogP contribution is -2.45. The van der Waals surface area contributed by atoms with Gasteiger partial charge in [0, 0.05) is 10.3 Å². The molecule has 4 heteroatoms. The summed E-state index contributed by atoms with van der Waals surface area (Å²) in [6, 6.07) is 18.1. The number of thioether (sulfide) groups is 1. The molecule has 0 aromatic heterocycles. The summed E-state index contributed by atoms with van der Waals surface area (Å²) >= 11 is 2.01. The second-order valence-electron chi connectivity index (χ2n) is 8.39. The average molecular weight is 396 g/mol. The molecule has 1 atom stereocenters. The minimum atomic E-state index is -0.255. The van der Waals surface area contributed by atoms with Gasteiger partial charge in [0.25, 0.3) is 5.91 Å². The third-order valence-corrected chi connectivity index (χ3v) is 7.89. The second-order valence-corrected chi connectivity index (χ2v) is 10.4. The molecule has 2 aliphatic rings. The lowest BCUT2D eigenvalue weighted by molar-refractivity contribution is 0.0542. The first kappa shape index (κ1) is 19.4. The van der Waals surface area contributed by atoms with Crippen LogP contribution in [0.25, 0.3) is 0 Å². The van der Waals surface area contributed by atoms with Crippen LogP contribution in [0.4, 0.5) is 0 Å². The Kier molecular flexibility index (Phi) is 5.17. The van der Waals surface area contributed by atoms with Crippen molar-refractivity contribution in [2.24, 2.45) is 0 Å². The molecule has 1 unspecified atom stereocenters. The second kappa shape index (κ2) is 7.47. The highest BCUT2D eigenvalue weighted by Crippen LogP contribution is 2.63. The van der Waals surface area contributed by atoms with E-state index in [9.17, 15) is 4.79 Å². The molecule has 0 radical (unpaired) electrons. The van der Waals surface area contributed by atoms with Gasteiger partial charge in [-0.05, 0) is 56.5 Å². The maximum absolute atomic E-state index is 13.7. The van der Waals surface area contributed by atoms with Crippen LogP contribution in [-0.4, -0.2) is 27.5 Å². The predicted octanol–water partition coefficient (Wildman–Crippen LogP) is 6.06. The molecule has 4 rings (SSSR count). The molecule has 148 valence electrons. The molecule has 1 spiro atoms. The molecule has 3 nitrogen and oxygen atoms in total. The first-order chi connectivity index (χ1) is 13.5. The monoisotopic (exact) mass is 395 g/mol. The molecule has 2 fully saturated rings. The summed E-state index contributed by atoms with van der Waals surface area (Å²) in [5, 5.41) is 0. The number of nitrogens with zero attached hydrogens (tertiary/aromatic N) is 1. The molecule has 1 saturated carbocycles. The first-order valence-electron chi connectivity index (χ1n) is 10.2. The van der Waals surface area contributed by atoms with E-state index >= 15 is 0 Å². The zero-order valence-corrected chi connectivity index (χ0v) is 17.8. The molecule has 28 heavy (non-hydrogen) atoms. The van der Waals surface area contributed by atoms with Crippen LogP contribution in [-0.2, 0) is 0 Å². The highest BCUT2D eigenvalue weighted by Gasteiger charge is 2.58. The normalized spacial score (nSPS) is 23.0. The maximum atomic E-state index is 13.7. The molecule has 2 aromatic carbocycles. The number of amides is 1. The molecule has 1 aliphatic carbocycles. The number of methoxy groups -OCH3 is 1. The quantitative estimate of drug-likeness (QED) is 0.632. The highest BCUT2D eigenvalue weighted by atomic mass is 32.2. The summed E-state index contributed by atoms with van der Waals surface area (Å²) in [4.78, 5) is 15.6. The Morgan fingerprint density at radius 2 is 1.64 bits per heavy atom. The lowest BCUT2D eigenvalue weighted by Gasteiger charge is -2.40. The van der Waals surface area contributed by atoms with E-state index in [1.807, 2.05) is 54.2 Å². The minimum Gasteiger partial charge on any atom is -0.497 e. The Hall–Kier alpha value is -1.94. The maximum Gasteiger partial charge on any atom is 0.255 e. The molecule has 1 amide bonds. The molecular weight excluding hydrogens is 366 g/mol. The van der Waals surface area contributed by atoms with Gasteiger partial charge in [-0.2, -0.15) is 0 Å². The highest BCUT2D eigenvalue weighted by molar-refractivity contribution is 8.02. The smallest absolute Gasteiger partial charge is 0.255 e. The molecule has 0 bridgehead atoms. The van der Waals surface area contributed by atoms with E-state index < -0.39 is 0 Å². The van der Waals surface area contributed by atoms with E-state index in [0.29, 0.717) is 0 Å². The van der Waals surface area contributed by atoms with Crippen molar-refractivity contribution < 1.29 is 9.53 Å².